The number of fused-ring (bicyclic) bond motifs is 1. The highest BCUT2D eigenvalue weighted by Crippen LogP contribution is 2.29. The summed E-state index contributed by atoms with van der Waals surface area (Å²) in [4.78, 5) is 4.37. The van der Waals surface area contributed by atoms with Gasteiger partial charge >= 0.3 is 0 Å². The number of likely N-dealkylation sites (N-methyl/N-ethyl adjacent to an activating group) is 1. The van der Waals surface area contributed by atoms with Gasteiger partial charge in [0.2, 0.25) is 0 Å². The van der Waals surface area contributed by atoms with Crippen molar-refractivity contribution >= 4 is 32.6 Å². The Morgan fingerprint density at radius 2 is 1.78 bits per heavy atom. The number of nitrogens with one attached hydrogen (secondary N) is 1. The molecule has 2 heterocycles. The number of aliphatic hydroxyl groups excluding tert-OH is 1. The van der Waals surface area contributed by atoms with E-state index in [1.54, 1.807) is 19.1 Å². The van der Waals surface area contributed by atoms with Gasteiger partial charge in [-0.2, -0.15) is 5.26 Å². The number of aromatic nitrogens is 1. The maximum absolute atomic E-state index is 12.6. The molecule has 1 fully saturated rings. The first-order valence-electron chi connectivity index (χ1n) is 12.1. The average molecular weight is 508 g/mol. The van der Waals surface area contributed by atoms with E-state index in [2.05, 4.69) is 58.0 Å². The number of sulfonamides is 1. The number of hydrogen-bond donors (Lipinski definition) is 2. The van der Waals surface area contributed by atoms with Crippen LogP contribution in [0.1, 0.15) is 19.0 Å². The van der Waals surface area contributed by atoms with Gasteiger partial charge in [0.05, 0.1) is 6.10 Å². The molecular formula is C27H33N5O3S. The topological polar surface area (TPSA) is 102 Å². The smallest absolute Gasteiger partial charge is 0.250 e. The quantitative estimate of drug-likeness (QED) is 0.454. The van der Waals surface area contributed by atoms with Crippen molar-refractivity contribution in [3.8, 4) is 17.3 Å². The average Bonchev–Trinajstić information content (AvgIpc) is 3.25. The number of rotatable bonds is 8. The molecule has 0 radical (unpaired) electrons. The Morgan fingerprint density at radius 1 is 1.08 bits per heavy atom. The number of nitrogens with zero attached hydrogens (tertiary/aromatic N) is 4. The van der Waals surface area contributed by atoms with E-state index in [4.69, 9.17) is 0 Å². The molecule has 36 heavy (non-hydrogen) atoms. The third-order valence-corrected chi connectivity index (χ3v) is 8.14. The van der Waals surface area contributed by atoms with Gasteiger partial charge in [-0.3, -0.25) is 0 Å². The number of aliphatic hydroxyl groups is 1. The zero-order chi connectivity index (χ0) is 25.9. The van der Waals surface area contributed by atoms with Crippen molar-refractivity contribution in [2.75, 3.05) is 44.7 Å². The molecule has 0 saturated carbocycles. The van der Waals surface area contributed by atoms with Crippen molar-refractivity contribution in [1.29, 1.82) is 5.26 Å². The third kappa shape index (κ3) is 5.63. The molecule has 190 valence electrons. The largest absolute Gasteiger partial charge is 0.392 e. The molecule has 1 aliphatic rings. The number of benzene rings is 2. The lowest BCUT2D eigenvalue weighted by atomic mass is 10.0. The Morgan fingerprint density at radius 3 is 2.47 bits per heavy atom. The summed E-state index contributed by atoms with van der Waals surface area (Å²) in [7, 11) is -0.0257. The molecule has 0 amide bonds. The monoisotopic (exact) mass is 507 g/mol. The first-order valence-corrected chi connectivity index (χ1v) is 13.6. The summed E-state index contributed by atoms with van der Waals surface area (Å²) in [6.07, 6.45) is 0.970. The number of anilines is 1. The number of allylic oxidation sites excluding steroid dienone is 1. The highest BCUT2D eigenvalue weighted by atomic mass is 32.2. The maximum atomic E-state index is 12.6. The summed E-state index contributed by atoms with van der Waals surface area (Å²) in [5.41, 5.74) is 3.74. The SMILES string of the molecule is CCC(O)CNS(=O)(=O)/C(C#N)=C/c1ccc(-c2ccc3cc(N4CCN(C)CC4)ccc3c2)n1C. The van der Waals surface area contributed by atoms with Crippen molar-refractivity contribution in [1.82, 2.24) is 14.2 Å². The van der Waals surface area contributed by atoms with E-state index >= 15 is 0 Å². The van der Waals surface area contributed by atoms with E-state index in [-0.39, 0.29) is 6.54 Å². The third-order valence-electron chi connectivity index (χ3n) is 6.81. The summed E-state index contributed by atoms with van der Waals surface area (Å²) in [6, 6.07) is 18.3. The zero-order valence-electron chi connectivity index (χ0n) is 21.0. The van der Waals surface area contributed by atoms with E-state index in [1.165, 1.54) is 17.1 Å². The molecule has 8 nitrogen and oxygen atoms in total. The standard InChI is InChI=1S/C27H33N5O3S/c1-4-25(33)19-29-36(34,35)26(18-28)17-23-9-10-27(31(23)3)22-6-5-21-16-24(8-7-20(21)15-22)32-13-11-30(2)12-14-32/h5-10,15-17,25,29,33H,4,11-14,19H2,1-3H3/b26-17+. The van der Waals surface area contributed by atoms with Crippen LogP contribution in [0.4, 0.5) is 5.69 Å². The summed E-state index contributed by atoms with van der Waals surface area (Å²) >= 11 is 0. The molecule has 3 aromatic rings. The van der Waals surface area contributed by atoms with Gasteiger partial charge in [-0.15, -0.1) is 0 Å². The van der Waals surface area contributed by atoms with Crippen molar-refractivity contribution < 1.29 is 13.5 Å². The van der Waals surface area contributed by atoms with E-state index in [0.717, 1.165) is 42.8 Å². The normalized spacial score (nSPS) is 16.3. The van der Waals surface area contributed by atoms with Crippen molar-refractivity contribution in [3.63, 3.8) is 0 Å². The molecule has 0 aliphatic carbocycles. The van der Waals surface area contributed by atoms with Gasteiger partial charge in [0.15, 0.2) is 4.91 Å². The molecule has 1 aliphatic heterocycles. The fraction of sp³-hybridized carbons (Fsp3) is 0.370. The van der Waals surface area contributed by atoms with E-state index in [0.29, 0.717) is 12.1 Å². The molecular weight excluding hydrogens is 474 g/mol. The zero-order valence-corrected chi connectivity index (χ0v) is 21.8. The Hall–Kier alpha value is -3.16. The summed E-state index contributed by atoms with van der Waals surface area (Å²) in [5.74, 6) is 0. The van der Waals surface area contributed by atoms with Crippen molar-refractivity contribution in [2.24, 2.45) is 7.05 Å². The fourth-order valence-corrected chi connectivity index (χ4v) is 5.31. The van der Waals surface area contributed by atoms with Gasteiger partial charge in [-0.1, -0.05) is 25.1 Å². The molecule has 9 heteroatoms. The summed E-state index contributed by atoms with van der Waals surface area (Å²) < 4.78 is 29.3. The second kappa shape index (κ2) is 10.8. The van der Waals surface area contributed by atoms with Crippen LogP contribution in [0.5, 0.6) is 0 Å². The van der Waals surface area contributed by atoms with Crippen LogP contribution in [0.25, 0.3) is 28.1 Å². The van der Waals surface area contributed by atoms with Crippen molar-refractivity contribution in [3.05, 3.63) is 59.1 Å². The predicted octanol–water partition coefficient (Wildman–Crippen LogP) is 3.15. The molecule has 0 spiro atoms. The van der Waals surface area contributed by atoms with Gasteiger partial charge < -0.3 is 19.5 Å². The van der Waals surface area contributed by atoms with Crippen LogP contribution < -0.4 is 9.62 Å². The van der Waals surface area contributed by atoms with Crippen LogP contribution in [0.3, 0.4) is 0 Å². The molecule has 1 aromatic heterocycles. The van der Waals surface area contributed by atoms with Gasteiger partial charge in [0, 0.05) is 56.8 Å². The number of hydrogen-bond acceptors (Lipinski definition) is 6. The minimum Gasteiger partial charge on any atom is -0.392 e. The second-order valence-electron chi connectivity index (χ2n) is 9.27. The Kier molecular flexibility index (Phi) is 7.81. The lowest BCUT2D eigenvalue weighted by Crippen LogP contribution is -2.44. The highest BCUT2D eigenvalue weighted by molar-refractivity contribution is 7.93. The minimum atomic E-state index is -4.02. The van der Waals surface area contributed by atoms with Crippen LogP contribution in [0.2, 0.25) is 0 Å². The van der Waals surface area contributed by atoms with Gasteiger partial charge in [0.25, 0.3) is 10.0 Å². The Balaban J connectivity index is 1.58. The molecule has 1 saturated heterocycles. The first-order chi connectivity index (χ1) is 17.2. The molecule has 1 unspecified atom stereocenters. The lowest BCUT2D eigenvalue weighted by Gasteiger charge is -2.34. The minimum absolute atomic E-state index is 0.135. The van der Waals surface area contributed by atoms with E-state index in [9.17, 15) is 18.8 Å². The van der Waals surface area contributed by atoms with Crippen LogP contribution in [-0.4, -0.2) is 68.9 Å². The molecule has 0 bridgehead atoms. The second-order valence-corrected chi connectivity index (χ2v) is 11.0. The fourth-order valence-electron chi connectivity index (χ4n) is 4.35. The first kappa shape index (κ1) is 25.9. The van der Waals surface area contributed by atoms with Gasteiger partial charge in [-0.05, 0) is 66.2 Å². The summed E-state index contributed by atoms with van der Waals surface area (Å²) in [5, 5.41) is 21.5. The van der Waals surface area contributed by atoms with Gasteiger partial charge in [-0.25, -0.2) is 13.1 Å². The van der Waals surface area contributed by atoms with Crippen LogP contribution in [0.15, 0.2) is 53.4 Å². The summed E-state index contributed by atoms with van der Waals surface area (Å²) in [6.45, 7) is 5.79. The lowest BCUT2D eigenvalue weighted by molar-refractivity contribution is 0.174. The van der Waals surface area contributed by atoms with E-state index < -0.39 is 21.0 Å². The van der Waals surface area contributed by atoms with Crippen LogP contribution >= 0.6 is 0 Å². The van der Waals surface area contributed by atoms with Crippen molar-refractivity contribution in [2.45, 2.75) is 19.4 Å². The van der Waals surface area contributed by atoms with Crippen LogP contribution in [0, 0.1) is 11.3 Å². The molecule has 2 aromatic carbocycles. The van der Waals surface area contributed by atoms with Gasteiger partial charge in [0.1, 0.15) is 6.07 Å². The Bertz CT molecular complexity index is 1410. The number of nitriles is 1. The predicted molar refractivity (Wildman–Crippen MR) is 145 cm³/mol. The molecule has 1 atom stereocenters. The Labute approximate surface area is 213 Å². The number of piperazine rings is 1. The van der Waals surface area contributed by atoms with Crippen LogP contribution in [-0.2, 0) is 17.1 Å². The highest BCUT2D eigenvalue weighted by Gasteiger charge is 2.20. The van der Waals surface area contributed by atoms with E-state index in [1.807, 2.05) is 17.7 Å². The molecule has 2 N–H and O–H groups in total. The maximum Gasteiger partial charge on any atom is 0.250 e. The molecule has 4 rings (SSSR count).